The maximum Gasteiger partial charge on any atom is 0.234 e. The quantitative estimate of drug-likeness (QED) is 0.797. The van der Waals surface area contributed by atoms with Gasteiger partial charge in [-0.15, -0.1) is 10.2 Å². The number of benzene rings is 1. The topological polar surface area (TPSA) is 59.8 Å². The van der Waals surface area contributed by atoms with Gasteiger partial charge in [0, 0.05) is 16.6 Å². The highest BCUT2D eigenvalue weighted by Gasteiger charge is 2.26. The van der Waals surface area contributed by atoms with Gasteiger partial charge in [-0.1, -0.05) is 11.8 Å². The Morgan fingerprint density at radius 2 is 2.23 bits per heavy atom. The molecule has 22 heavy (non-hydrogen) atoms. The van der Waals surface area contributed by atoms with Crippen molar-refractivity contribution in [1.82, 2.24) is 14.8 Å². The van der Waals surface area contributed by atoms with Crippen molar-refractivity contribution in [3.63, 3.8) is 0 Å². The molecule has 1 saturated carbocycles. The van der Waals surface area contributed by atoms with E-state index in [2.05, 4.69) is 31.4 Å². The monoisotopic (exact) mass is 388 g/mol. The molecule has 5 nitrogen and oxygen atoms in total. The maximum absolute atomic E-state index is 13.6. The van der Waals surface area contributed by atoms with E-state index in [0.29, 0.717) is 11.2 Å². The lowest BCUT2D eigenvalue weighted by Crippen LogP contribution is -2.16. The van der Waals surface area contributed by atoms with Crippen LogP contribution in [0.3, 0.4) is 0 Å². The summed E-state index contributed by atoms with van der Waals surface area (Å²) < 4.78 is 28.7. The molecule has 0 unspecified atom stereocenters. The molecule has 9 heteroatoms. The number of nitrogens with one attached hydrogen (secondary N) is 1. The maximum atomic E-state index is 13.6. The Labute approximate surface area is 137 Å². The first kappa shape index (κ1) is 15.4. The van der Waals surface area contributed by atoms with Gasteiger partial charge in [0.05, 0.1) is 11.4 Å². The van der Waals surface area contributed by atoms with Crippen LogP contribution in [0.5, 0.6) is 0 Å². The Bertz CT molecular complexity index is 697. The van der Waals surface area contributed by atoms with Crippen LogP contribution in [0, 0.1) is 11.6 Å². The number of hydrogen-bond acceptors (Lipinski definition) is 4. The zero-order chi connectivity index (χ0) is 15.7. The minimum Gasteiger partial charge on any atom is -0.322 e. The highest BCUT2D eigenvalue weighted by atomic mass is 79.9. The molecule has 1 fully saturated rings. The van der Waals surface area contributed by atoms with Gasteiger partial charge >= 0.3 is 0 Å². The van der Waals surface area contributed by atoms with Gasteiger partial charge in [0.15, 0.2) is 11.0 Å². The molecule has 1 aromatic carbocycles. The highest BCUT2D eigenvalue weighted by molar-refractivity contribution is 9.10. The van der Waals surface area contributed by atoms with E-state index in [-0.39, 0.29) is 15.9 Å². The SMILES string of the molecule is O=C(CSc1nncn1C1CC1)Nc1c(F)cc(F)cc1Br. The van der Waals surface area contributed by atoms with E-state index in [0.717, 1.165) is 25.0 Å². The molecule has 2 aromatic rings. The molecule has 1 aliphatic carbocycles. The summed E-state index contributed by atoms with van der Waals surface area (Å²) in [6, 6.07) is 2.23. The molecule has 1 aliphatic rings. The predicted molar refractivity (Wildman–Crippen MR) is 81.7 cm³/mol. The molecule has 0 radical (unpaired) electrons. The van der Waals surface area contributed by atoms with Crippen molar-refractivity contribution in [3.05, 3.63) is 34.6 Å². The predicted octanol–water partition coefficient (Wildman–Crippen LogP) is 3.38. The largest absolute Gasteiger partial charge is 0.322 e. The van der Waals surface area contributed by atoms with E-state index < -0.39 is 17.5 Å². The van der Waals surface area contributed by atoms with E-state index in [4.69, 9.17) is 0 Å². The van der Waals surface area contributed by atoms with E-state index in [1.807, 2.05) is 4.57 Å². The number of halogens is 3. The van der Waals surface area contributed by atoms with Crippen LogP contribution in [0.25, 0.3) is 0 Å². The van der Waals surface area contributed by atoms with Crippen molar-refractivity contribution in [1.29, 1.82) is 0 Å². The number of nitrogens with zero attached hydrogens (tertiary/aromatic N) is 3. The number of thioether (sulfide) groups is 1. The fraction of sp³-hybridized carbons (Fsp3) is 0.308. The first-order valence-electron chi connectivity index (χ1n) is 6.51. The van der Waals surface area contributed by atoms with Crippen molar-refractivity contribution >= 4 is 39.3 Å². The summed E-state index contributed by atoms with van der Waals surface area (Å²) in [7, 11) is 0. The molecule has 0 saturated heterocycles. The molecule has 1 aromatic heterocycles. The van der Waals surface area contributed by atoms with Crippen LogP contribution in [0.15, 0.2) is 28.1 Å². The Morgan fingerprint density at radius 3 is 2.91 bits per heavy atom. The van der Waals surface area contributed by atoms with Crippen LogP contribution in [0.1, 0.15) is 18.9 Å². The lowest BCUT2D eigenvalue weighted by Gasteiger charge is -2.09. The third-order valence-electron chi connectivity index (χ3n) is 3.08. The van der Waals surface area contributed by atoms with Crippen LogP contribution in [0.2, 0.25) is 0 Å². The zero-order valence-corrected chi connectivity index (χ0v) is 13.6. The number of hydrogen-bond donors (Lipinski definition) is 1. The molecule has 0 spiro atoms. The molecular weight excluding hydrogens is 378 g/mol. The van der Waals surface area contributed by atoms with Gasteiger partial charge in [-0.25, -0.2) is 8.78 Å². The van der Waals surface area contributed by atoms with Gasteiger partial charge in [0.25, 0.3) is 0 Å². The lowest BCUT2D eigenvalue weighted by atomic mass is 10.3. The Morgan fingerprint density at radius 1 is 1.45 bits per heavy atom. The number of anilines is 1. The average molecular weight is 389 g/mol. The fourth-order valence-corrected chi connectivity index (χ4v) is 3.20. The van der Waals surface area contributed by atoms with E-state index in [1.165, 1.54) is 11.8 Å². The van der Waals surface area contributed by atoms with Crippen molar-refractivity contribution in [2.45, 2.75) is 24.0 Å². The van der Waals surface area contributed by atoms with Crippen LogP contribution in [0.4, 0.5) is 14.5 Å². The number of carbonyl (C=O) groups excluding carboxylic acids is 1. The number of aromatic nitrogens is 3. The Kier molecular flexibility index (Phi) is 4.44. The second-order valence-electron chi connectivity index (χ2n) is 4.83. The minimum absolute atomic E-state index is 0.0642. The van der Waals surface area contributed by atoms with Gasteiger partial charge in [-0.2, -0.15) is 0 Å². The van der Waals surface area contributed by atoms with Crippen LogP contribution in [-0.4, -0.2) is 26.4 Å². The standard InChI is InChI=1S/C13H11BrF2N4OS/c14-9-3-7(15)4-10(16)12(9)18-11(21)5-22-13-19-17-6-20(13)8-1-2-8/h3-4,6,8H,1-2,5H2,(H,18,21). The summed E-state index contributed by atoms with van der Waals surface area (Å²) in [4.78, 5) is 11.9. The molecule has 0 atom stereocenters. The van der Waals surface area contributed by atoms with Crippen molar-refractivity contribution in [3.8, 4) is 0 Å². The van der Waals surface area contributed by atoms with Crippen LogP contribution in [-0.2, 0) is 4.79 Å². The van der Waals surface area contributed by atoms with Crippen molar-refractivity contribution in [2.24, 2.45) is 0 Å². The summed E-state index contributed by atoms with van der Waals surface area (Å²) >= 11 is 4.26. The first-order valence-corrected chi connectivity index (χ1v) is 8.29. The minimum atomic E-state index is -0.827. The van der Waals surface area contributed by atoms with Gasteiger partial charge < -0.3 is 9.88 Å². The highest BCUT2D eigenvalue weighted by Crippen LogP contribution is 2.37. The van der Waals surface area contributed by atoms with Crippen molar-refractivity contribution < 1.29 is 13.6 Å². The summed E-state index contributed by atoms with van der Waals surface area (Å²) in [6.07, 6.45) is 3.82. The lowest BCUT2D eigenvalue weighted by molar-refractivity contribution is -0.113. The molecule has 3 rings (SSSR count). The number of rotatable bonds is 5. The summed E-state index contributed by atoms with van der Waals surface area (Å²) in [5, 5.41) is 10.9. The third-order valence-corrected chi connectivity index (χ3v) is 4.67. The van der Waals surface area contributed by atoms with Gasteiger partial charge in [0.1, 0.15) is 12.1 Å². The molecule has 0 bridgehead atoms. The Balaban J connectivity index is 1.62. The van der Waals surface area contributed by atoms with Crippen molar-refractivity contribution in [2.75, 3.05) is 11.1 Å². The second kappa shape index (κ2) is 6.33. The normalized spacial score (nSPS) is 14.1. The smallest absolute Gasteiger partial charge is 0.234 e. The van der Waals surface area contributed by atoms with Crippen LogP contribution >= 0.6 is 27.7 Å². The molecule has 1 amide bonds. The zero-order valence-electron chi connectivity index (χ0n) is 11.2. The third kappa shape index (κ3) is 3.46. The fourth-order valence-electron chi connectivity index (χ4n) is 1.91. The molecule has 0 aliphatic heterocycles. The van der Waals surface area contributed by atoms with Crippen LogP contribution < -0.4 is 5.32 Å². The van der Waals surface area contributed by atoms with Gasteiger partial charge in [-0.05, 0) is 34.8 Å². The van der Waals surface area contributed by atoms with Gasteiger partial charge in [0.2, 0.25) is 5.91 Å². The van der Waals surface area contributed by atoms with E-state index >= 15 is 0 Å². The summed E-state index contributed by atoms with van der Waals surface area (Å²) in [5.74, 6) is -1.88. The Hall–Kier alpha value is -1.48. The second-order valence-corrected chi connectivity index (χ2v) is 6.63. The average Bonchev–Trinajstić information content (AvgIpc) is 3.19. The number of carbonyl (C=O) groups is 1. The van der Waals surface area contributed by atoms with Gasteiger partial charge in [-0.3, -0.25) is 4.79 Å². The molecule has 1 N–H and O–H groups in total. The molecule has 116 valence electrons. The molecule has 1 heterocycles. The molecular formula is C13H11BrF2N4OS. The summed E-state index contributed by atoms with van der Waals surface area (Å²) in [6.45, 7) is 0. The summed E-state index contributed by atoms with van der Waals surface area (Å²) in [5.41, 5.74) is -0.0735. The first-order chi connectivity index (χ1) is 10.5. The number of amides is 1. The van der Waals surface area contributed by atoms with E-state index in [1.54, 1.807) is 6.33 Å². The van der Waals surface area contributed by atoms with E-state index in [9.17, 15) is 13.6 Å².